The Morgan fingerprint density at radius 1 is 1.58 bits per heavy atom. The van der Waals surface area contributed by atoms with Gasteiger partial charge in [0.15, 0.2) is 5.13 Å². The Balaban J connectivity index is 2.15. The minimum absolute atomic E-state index is 0.0483. The van der Waals surface area contributed by atoms with E-state index in [2.05, 4.69) is 26.2 Å². The van der Waals surface area contributed by atoms with Crippen molar-refractivity contribution in [1.29, 1.82) is 0 Å². The van der Waals surface area contributed by atoms with Gasteiger partial charge in [0.05, 0.1) is 22.2 Å². The molecule has 1 aromatic carbocycles. The van der Waals surface area contributed by atoms with E-state index in [1.54, 1.807) is 7.11 Å². The van der Waals surface area contributed by atoms with Crippen LogP contribution in [0.2, 0.25) is 0 Å². The van der Waals surface area contributed by atoms with Crippen molar-refractivity contribution in [2.75, 3.05) is 12.4 Å². The number of methoxy groups -OCH3 is 1. The van der Waals surface area contributed by atoms with Gasteiger partial charge in [0, 0.05) is 0 Å². The third kappa shape index (κ3) is 3.45. The fourth-order valence-corrected chi connectivity index (χ4v) is 3.12. The van der Waals surface area contributed by atoms with Crippen LogP contribution in [-0.4, -0.2) is 22.8 Å². The van der Waals surface area contributed by atoms with Gasteiger partial charge in [-0.1, -0.05) is 40.6 Å². The third-order valence-corrected chi connectivity index (χ3v) is 4.46. The number of alkyl halides is 1. The number of carbonyl (C=O) groups excluding carboxylic acids is 1. The van der Waals surface area contributed by atoms with Gasteiger partial charge in [-0.15, -0.1) is 0 Å². The Kier molecular flexibility index (Phi) is 4.76. The first kappa shape index (κ1) is 14.3. The average Bonchev–Trinajstić information content (AvgIpc) is 2.79. The van der Waals surface area contributed by atoms with E-state index in [0.29, 0.717) is 5.13 Å². The highest BCUT2D eigenvalue weighted by Crippen LogP contribution is 2.29. The molecule has 0 bridgehead atoms. The van der Waals surface area contributed by atoms with Crippen molar-refractivity contribution >= 4 is 48.5 Å². The SMILES string of the molecule is CCCC(Br)C(=O)Nc1nc2ccc(OC)cc2s1. The zero-order chi connectivity index (χ0) is 13.8. The first-order valence-electron chi connectivity index (χ1n) is 6.03. The largest absolute Gasteiger partial charge is 0.497 e. The number of hydrogen-bond acceptors (Lipinski definition) is 4. The van der Waals surface area contributed by atoms with E-state index in [4.69, 9.17) is 4.74 Å². The van der Waals surface area contributed by atoms with Gasteiger partial charge in [-0.3, -0.25) is 4.79 Å². The Bertz CT molecular complexity index is 585. The lowest BCUT2D eigenvalue weighted by atomic mass is 10.2. The molecule has 1 amide bonds. The van der Waals surface area contributed by atoms with Crippen molar-refractivity contribution in [3.8, 4) is 5.75 Å². The predicted molar refractivity (Wildman–Crippen MR) is 82.4 cm³/mol. The van der Waals surface area contributed by atoms with Crippen LogP contribution in [0.4, 0.5) is 5.13 Å². The van der Waals surface area contributed by atoms with E-state index >= 15 is 0 Å². The number of rotatable bonds is 5. The van der Waals surface area contributed by atoms with E-state index in [1.165, 1.54) is 11.3 Å². The van der Waals surface area contributed by atoms with Crippen LogP contribution in [0.25, 0.3) is 10.2 Å². The first-order valence-corrected chi connectivity index (χ1v) is 7.76. The van der Waals surface area contributed by atoms with E-state index < -0.39 is 0 Å². The molecule has 4 nitrogen and oxygen atoms in total. The number of aromatic nitrogens is 1. The number of anilines is 1. The Hall–Kier alpha value is -1.14. The second-order valence-corrected chi connectivity index (χ2v) is 6.23. The van der Waals surface area contributed by atoms with Crippen molar-refractivity contribution in [2.45, 2.75) is 24.6 Å². The van der Waals surface area contributed by atoms with Crippen LogP contribution in [0.5, 0.6) is 5.75 Å². The fraction of sp³-hybridized carbons (Fsp3) is 0.385. The standard InChI is InChI=1S/C13H15BrN2O2S/c1-3-4-9(14)12(17)16-13-15-10-6-5-8(18-2)7-11(10)19-13/h5-7,9H,3-4H2,1-2H3,(H,15,16,17). The number of thiazole rings is 1. The molecule has 1 unspecified atom stereocenters. The molecule has 19 heavy (non-hydrogen) atoms. The topological polar surface area (TPSA) is 51.2 Å². The van der Waals surface area contributed by atoms with Gasteiger partial charge >= 0.3 is 0 Å². The lowest BCUT2D eigenvalue weighted by molar-refractivity contribution is -0.115. The summed E-state index contributed by atoms with van der Waals surface area (Å²) >= 11 is 4.82. The lowest BCUT2D eigenvalue weighted by Crippen LogP contribution is -2.22. The van der Waals surface area contributed by atoms with Crippen molar-refractivity contribution in [2.24, 2.45) is 0 Å². The number of carbonyl (C=O) groups is 1. The van der Waals surface area contributed by atoms with Crippen molar-refractivity contribution in [3.63, 3.8) is 0 Å². The summed E-state index contributed by atoms with van der Waals surface area (Å²) < 4.78 is 6.16. The summed E-state index contributed by atoms with van der Waals surface area (Å²) in [6.07, 6.45) is 1.77. The molecule has 2 aromatic rings. The van der Waals surface area contributed by atoms with Crippen molar-refractivity contribution < 1.29 is 9.53 Å². The number of hydrogen-bond donors (Lipinski definition) is 1. The molecule has 0 fully saturated rings. The molecule has 1 aromatic heterocycles. The number of ether oxygens (including phenoxy) is 1. The molecule has 0 spiro atoms. The highest BCUT2D eigenvalue weighted by atomic mass is 79.9. The molecule has 2 rings (SSSR count). The van der Waals surface area contributed by atoms with Crippen LogP contribution in [0.15, 0.2) is 18.2 Å². The summed E-state index contributed by atoms with van der Waals surface area (Å²) in [5.41, 5.74) is 0.864. The molecule has 0 radical (unpaired) electrons. The van der Waals surface area contributed by atoms with Crippen LogP contribution < -0.4 is 10.1 Å². The highest BCUT2D eigenvalue weighted by Gasteiger charge is 2.15. The maximum Gasteiger partial charge on any atom is 0.239 e. The van der Waals surface area contributed by atoms with Crippen LogP contribution >= 0.6 is 27.3 Å². The van der Waals surface area contributed by atoms with E-state index in [-0.39, 0.29) is 10.7 Å². The van der Waals surface area contributed by atoms with E-state index in [9.17, 15) is 4.79 Å². The summed E-state index contributed by atoms with van der Waals surface area (Å²) in [5.74, 6) is 0.742. The molecule has 0 aliphatic rings. The van der Waals surface area contributed by atoms with Gasteiger partial charge in [0.25, 0.3) is 0 Å². The summed E-state index contributed by atoms with van der Waals surface area (Å²) in [5, 5.41) is 3.45. The quantitative estimate of drug-likeness (QED) is 0.840. The van der Waals surface area contributed by atoms with Crippen LogP contribution in [0, 0.1) is 0 Å². The van der Waals surface area contributed by atoms with Gasteiger partial charge in [-0.2, -0.15) is 0 Å². The minimum atomic E-state index is -0.168. The summed E-state index contributed by atoms with van der Waals surface area (Å²) in [6, 6.07) is 5.66. The monoisotopic (exact) mass is 342 g/mol. The van der Waals surface area contributed by atoms with Gasteiger partial charge in [-0.05, 0) is 24.6 Å². The second-order valence-electron chi connectivity index (χ2n) is 4.10. The number of amides is 1. The normalized spacial score (nSPS) is 12.4. The maximum absolute atomic E-state index is 11.9. The number of benzene rings is 1. The van der Waals surface area contributed by atoms with Gasteiger partial charge in [-0.25, -0.2) is 4.98 Å². The fourth-order valence-electron chi connectivity index (χ4n) is 1.65. The summed E-state index contributed by atoms with van der Waals surface area (Å²) in [6.45, 7) is 2.05. The molecule has 0 saturated carbocycles. The lowest BCUT2D eigenvalue weighted by Gasteiger charge is -2.06. The first-order chi connectivity index (χ1) is 9.13. The van der Waals surface area contributed by atoms with Gasteiger partial charge in [0.2, 0.25) is 5.91 Å². The van der Waals surface area contributed by atoms with Crippen molar-refractivity contribution in [1.82, 2.24) is 4.98 Å². The Labute approximate surface area is 124 Å². The molecular formula is C13H15BrN2O2S. The molecule has 1 atom stereocenters. The van der Waals surface area contributed by atoms with Crippen LogP contribution in [-0.2, 0) is 4.79 Å². The number of halogens is 1. The average molecular weight is 343 g/mol. The summed E-state index contributed by atoms with van der Waals surface area (Å²) in [7, 11) is 1.63. The number of nitrogens with one attached hydrogen (secondary N) is 1. The number of fused-ring (bicyclic) bond motifs is 1. The molecule has 102 valence electrons. The van der Waals surface area contributed by atoms with Gasteiger partial charge < -0.3 is 10.1 Å². The van der Waals surface area contributed by atoms with E-state index in [0.717, 1.165) is 28.8 Å². The third-order valence-electron chi connectivity index (χ3n) is 2.65. The number of nitrogens with zero attached hydrogens (tertiary/aromatic N) is 1. The Morgan fingerprint density at radius 3 is 3.05 bits per heavy atom. The zero-order valence-electron chi connectivity index (χ0n) is 10.8. The van der Waals surface area contributed by atoms with Gasteiger partial charge in [0.1, 0.15) is 5.75 Å². The minimum Gasteiger partial charge on any atom is -0.497 e. The zero-order valence-corrected chi connectivity index (χ0v) is 13.2. The molecule has 6 heteroatoms. The van der Waals surface area contributed by atoms with E-state index in [1.807, 2.05) is 25.1 Å². The van der Waals surface area contributed by atoms with Crippen LogP contribution in [0.1, 0.15) is 19.8 Å². The smallest absolute Gasteiger partial charge is 0.239 e. The summed E-state index contributed by atoms with van der Waals surface area (Å²) in [4.78, 5) is 16.1. The van der Waals surface area contributed by atoms with Crippen molar-refractivity contribution in [3.05, 3.63) is 18.2 Å². The molecular weight excluding hydrogens is 328 g/mol. The molecule has 0 aliphatic carbocycles. The highest BCUT2D eigenvalue weighted by molar-refractivity contribution is 9.10. The predicted octanol–water partition coefficient (Wildman–Crippen LogP) is 3.81. The molecule has 1 heterocycles. The van der Waals surface area contributed by atoms with Crippen LogP contribution in [0.3, 0.4) is 0 Å². The molecule has 0 aliphatic heterocycles. The molecule has 1 N–H and O–H groups in total. The molecule has 0 saturated heterocycles. The Morgan fingerprint density at radius 2 is 2.37 bits per heavy atom. The maximum atomic E-state index is 11.9. The second kappa shape index (κ2) is 6.34.